The van der Waals surface area contributed by atoms with Crippen molar-refractivity contribution in [3.05, 3.63) is 12.0 Å². The van der Waals surface area contributed by atoms with E-state index in [0.717, 1.165) is 25.8 Å². The van der Waals surface area contributed by atoms with E-state index in [1.165, 1.54) is 6.20 Å². The van der Waals surface area contributed by atoms with E-state index in [1.54, 1.807) is 0 Å². The molecular formula is C13H23FN4. The highest BCUT2D eigenvalue weighted by atomic mass is 19.1. The first-order valence-corrected chi connectivity index (χ1v) is 6.53. The lowest BCUT2D eigenvalue weighted by atomic mass is 9.99. The molecule has 0 saturated heterocycles. The third-order valence-corrected chi connectivity index (χ3v) is 2.61. The number of rotatable bonds is 7. The van der Waals surface area contributed by atoms with Crippen LogP contribution in [-0.4, -0.2) is 22.1 Å². The molecule has 0 aromatic carbocycles. The van der Waals surface area contributed by atoms with Crippen LogP contribution in [0.25, 0.3) is 0 Å². The molecule has 2 N–H and O–H groups in total. The van der Waals surface area contributed by atoms with Crippen LogP contribution < -0.4 is 10.6 Å². The molecule has 1 rings (SSSR count). The fraction of sp³-hybridized carbons (Fsp3) is 0.692. The Morgan fingerprint density at radius 2 is 2.00 bits per heavy atom. The van der Waals surface area contributed by atoms with Crippen molar-refractivity contribution in [3.8, 4) is 0 Å². The predicted octanol–water partition coefficient (Wildman–Crippen LogP) is 3.43. The van der Waals surface area contributed by atoms with Crippen LogP contribution >= 0.6 is 0 Å². The number of halogens is 1. The zero-order valence-electron chi connectivity index (χ0n) is 11.7. The molecule has 18 heavy (non-hydrogen) atoms. The monoisotopic (exact) mass is 254 g/mol. The van der Waals surface area contributed by atoms with Crippen molar-refractivity contribution in [2.24, 2.45) is 0 Å². The van der Waals surface area contributed by atoms with Crippen molar-refractivity contribution in [1.29, 1.82) is 0 Å². The average Bonchev–Trinajstić information content (AvgIpc) is 2.29. The number of hydrogen-bond donors (Lipinski definition) is 2. The van der Waals surface area contributed by atoms with Crippen LogP contribution in [0, 0.1) is 5.82 Å². The first-order valence-electron chi connectivity index (χ1n) is 6.53. The van der Waals surface area contributed by atoms with Crippen molar-refractivity contribution in [2.75, 3.05) is 17.2 Å². The molecule has 0 radical (unpaired) electrons. The normalized spacial score (nSPS) is 11.4. The van der Waals surface area contributed by atoms with Crippen molar-refractivity contribution in [1.82, 2.24) is 9.97 Å². The molecule has 0 aliphatic carbocycles. The molecule has 5 heteroatoms. The third kappa shape index (κ3) is 4.47. The second kappa shape index (κ2) is 6.52. The smallest absolute Gasteiger partial charge is 0.224 e. The van der Waals surface area contributed by atoms with Crippen LogP contribution in [0.15, 0.2) is 6.20 Å². The Morgan fingerprint density at radius 1 is 1.28 bits per heavy atom. The van der Waals surface area contributed by atoms with Crippen molar-refractivity contribution < 1.29 is 4.39 Å². The second-order valence-electron chi connectivity index (χ2n) is 5.08. The molecule has 4 nitrogen and oxygen atoms in total. The summed E-state index contributed by atoms with van der Waals surface area (Å²) in [7, 11) is 0. The van der Waals surface area contributed by atoms with Crippen LogP contribution in [-0.2, 0) is 0 Å². The molecule has 0 fully saturated rings. The molecule has 1 aromatic rings. The van der Waals surface area contributed by atoms with Gasteiger partial charge in [-0.3, -0.25) is 0 Å². The van der Waals surface area contributed by atoms with Gasteiger partial charge >= 0.3 is 0 Å². The standard InChI is InChI=1S/C13H23FN4/c1-5-7-13(3,4)18-11-10(14)9-16-12(17-11)15-8-6-2/h9H,5-8H2,1-4H3,(H2,15,16,17,18). The van der Waals surface area contributed by atoms with Crippen molar-refractivity contribution in [3.63, 3.8) is 0 Å². The summed E-state index contributed by atoms with van der Waals surface area (Å²) in [6, 6.07) is 0. The van der Waals surface area contributed by atoms with Gasteiger partial charge in [0.25, 0.3) is 0 Å². The number of hydrogen-bond acceptors (Lipinski definition) is 4. The minimum absolute atomic E-state index is 0.175. The molecule has 1 heterocycles. The Labute approximate surface area is 108 Å². The highest BCUT2D eigenvalue weighted by molar-refractivity contribution is 5.42. The summed E-state index contributed by atoms with van der Waals surface area (Å²) in [5.41, 5.74) is -0.175. The number of nitrogens with zero attached hydrogens (tertiary/aromatic N) is 2. The first-order chi connectivity index (χ1) is 8.48. The van der Waals surface area contributed by atoms with E-state index >= 15 is 0 Å². The van der Waals surface area contributed by atoms with Crippen molar-refractivity contribution >= 4 is 11.8 Å². The van der Waals surface area contributed by atoms with Gasteiger partial charge in [0.15, 0.2) is 11.6 Å². The Balaban J connectivity index is 2.80. The molecule has 1 aromatic heterocycles. The van der Waals surface area contributed by atoms with Crippen LogP contribution in [0.2, 0.25) is 0 Å². The summed E-state index contributed by atoms with van der Waals surface area (Å²) in [6.45, 7) is 9.02. The Hall–Kier alpha value is -1.39. The Kier molecular flexibility index (Phi) is 5.31. The largest absolute Gasteiger partial charge is 0.363 e. The maximum absolute atomic E-state index is 13.6. The lowest BCUT2D eigenvalue weighted by Gasteiger charge is -2.26. The zero-order valence-corrected chi connectivity index (χ0v) is 11.7. The maximum Gasteiger partial charge on any atom is 0.224 e. The van der Waals surface area contributed by atoms with Gasteiger partial charge in [-0.25, -0.2) is 9.37 Å². The molecule has 0 saturated carbocycles. The molecular weight excluding hydrogens is 231 g/mol. The second-order valence-corrected chi connectivity index (χ2v) is 5.08. The van der Waals surface area contributed by atoms with Crippen LogP contribution in [0.1, 0.15) is 47.0 Å². The van der Waals surface area contributed by atoms with E-state index in [0.29, 0.717) is 5.95 Å². The van der Waals surface area contributed by atoms with Gasteiger partial charge in [-0.05, 0) is 26.7 Å². The summed E-state index contributed by atoms with van der Waals surface area (Å²) < 4.78 is 13.6. The van der Waals surface area contributed by atoms with Gasteiger partial charge in [0.05, 0.1) is 6.20 Å². The molecule has 0 atom stereocenters. The topological polar surface area (TPSA) is 49.8 Å². The van der Waals surface area contributed by atoms with Gasteiger partial charge in [-0.15, -0.1) is 0 Å². The minimum atomic E-state index is -0.416. The van der Waals surface area contributed by atoms with Crippen LogP contribution in [0.4, 0.5) is 16.2 Å². The molecule has 0 aliphatic rings. The molecule has 0 bridgehead atoms. The van der Waals surface area contributed by atoms with E-state index in [2.05, 4.69) is 34.4 Å². The van der Waals surface area contributed by atoms with Gasteiger partial charge in [0.2, 0.25) is 5.95 Å². The van der Waals surface area contributed by atoms with E-state index in [9.17, 15) is 4.39 Å². The number of anilines is 2. The first kappa shape index (κ1) is 14.7. The SMILES string of the molecule is CCCNc1ncc(F)c(NC(C)(C)CCC)n1. The minimum Gasteiger partial charge on any atom is -0.363 e. The fourth-order valence-corrected chi connectivity index (χ4v) is 1.78. The lowest BCUT2D eigenvalue weighted by molar-refractivity contribution is 0.501. The zero-order chi connectivity index (χ0) is 13.6. The van der Waals surface area contributed by atoms with E-state index < -0.39 is 5.82 Å². The molecule has 0 spiro atoms. The maximum atomic E-state index is 13.6. The quantitative estimate of drug-likeness (QED) is 0.782. The van der Waals surface area contributed by atoms with E-state index in [-0.39, 0.29) is 11.4 Å². The fourth-order valence-electron chi connectivity index (χ4n) is 1.78. The average molecular weight is 254 g/mol. The number of aromatic nitrogens is 2. The summed E-state index contributed by atoms with van der Waals surface area (Å²) >= 11 is 0. The lowest BCUT2D eigenvalue weighted by Crippen LogP contribution is -2.31. The van der Waals surface area contributed by atoms with Gasteiger partial charge in [0, 0.05) is 12.1 Å². The predicted molar refractivity (Wildman–Crippen MR) is 73.4 cm³/mol. The van der Waals surface area contributed by atoms with Gasteiger partial charge in [-0.1, -0.05) is 20.3 Å². The van der Waals surface area contributed by atoms with Gasteiger partial charge < -0.3 is 10.6 Å². The highest BCUT2D eigenvalue weighted by Gasteiger charge is 2.19. The van der Waals surface area contributed by atoms with Crippen molar-refractivity contribution in [2.45, 2.75) is 52.5 Å². The summed E-state index contributed by atoms with van der Waals surface area (Å²) in [4.78, 5) is 8.08. The molecule has 0 amide bonds. The summed E-state index contributed by atoms with van der Waals surface area (Å²) in [5, 5.41) is 6.19. The number of nitrogens with one attached hydrogen (secondary N) is 2. The van der Waals surface area contributed by atoms with Crippen LogP contribution in [0.5, 0.6) is 0 Å². The third-order valence-electron chi connectivity index (χ3n) is 2.61. The highest BCUT2D eigenvalue weighted by Crippen LogP contribution is 2.20. The summed E-state index contributed by atoms with van der Waals surface area (Å²) in [6.07, 6.45) is 4.17. The van der Waals surface area contributed by atoms with Gasteiger partial charge in [0.1, 0.15) is 0 Å². The Bertz CT molecular complexity index is 379. The molecule has 102 valence electrons. The Morgan fingerprint density at radius 3 is 2.61 bits per heavy atom. The molecule has 0 unspecified atom stereocenters. The van der Waals surface area contributed by atoms with E-state index in [1.807, 2.05) is 13.8 Å². The van der Waals surface area contributed by atoms with E-state index in [4.69, 9.17) is 0 Å². The summed E-state index contributed by atoms with van der Waals surface area (Å²) in [5.74, 6) is 0.316. The van der Waals surface area contributed by atoms with Crippen LogP contribution in [0.3, 0.4) is 0 Å². The molecule has 0 aliphatic heterocycles. The van der Waals surface area contributed by atoms with Gasteiger partial charge in [-0.2, -0.15) is 4.98 Å².